The molecule has 16 heavy (non-hydrogen) atoms. The smallest absolute Gasteiger partial charge is 0.218 e. The van der Waals surface area contributed by atoms with E-state index in [1.165, 1.54) is 6.33 Å². The van der Waals surface area contributed by atoms with Crippen molar-refractivity contribution in [3.8, 4) is 5.88 Å². The number of ether oxygens (including phenoxy) is 1. The van der Waals surface area contributed by atoms with Crippen molar-refractivity contribution >= 4 is 5.82 Å². The second-order valence-corrected chi connectivity index (χ2v) is 3.46. The Morgan fingerprint density at radius 3 is 2.94 bits per heavy atom. The van der Waals surface area contributed by atoms with Crippen LogP contribution in [0.2, 0.25) is 0 Å². The Balaban J connectivity index is 2.50. The summed E-state index contributed by atoms with van der Waals surface area (Å²) in [6.45, 7) is 4.54. The highest BCUT2D eigenvalue weighted by atomic mass is 16.5. The van der Waals surface area contributed by atoms with Gasteiger partial charge in [-0.05, 0) is 13.8 Å². The summed E-state index contributed by atoms with van der Waals surface area (Å²) in [5.41, 5.74) is 5.67. The van der Waals surface area contributed by atoms with Crippen molar-refractivity contribution in [3.63, 3.8) is 0 Å². The first-order valence-electron chi connectivity index (χ1n) is 5.25. The third-order valence-electron chi connectivity index (χ3n) is 2.07. The van der Waals surface area contributed by atoms with E-state index in [4.69, 9.17) is 10.5 Å². The largest absolute Gasteiger partial charge is 0.478 e. The number of nitrogens with two attached hydrogens (primary N) is 1. The Kier molecular flexibility index (Phi) is 4.94. The van der Waals surface area contributed by atoms with Crippen molar-refractivity contribution in [2.45, 2.75) is 26.0 Å². The van der Waals surface area contributed by atoms with Gasteiger partial charge in [0.15, 0.2) is 0 Å². The lowest BCUT2D eigenvalue weighted by Gasteiger charge is -2.15. The van der Waals surface area contributed by atoms with E-state index in [-0.39, 0.29) is 6.04 Å². The number of nitrogens with one attached hydrogen (secondary N) is 1. The number of hydrogen-bond acceptors (Lipinski definition) is 6. The summed E-state index contributed by atoms with van der Waals surface area (Å²) in [4.78, 5) is 7.95. The summed E-state index contributed by atoms with van der Waals surface area (Å²) in [7, 11) is 0. The van der Waals surface area contributed by atoms with Gasteiger partial charge in [0.1, 0.15) is 12.1 Å². The highest BCUT2D eigenvalue weighted by molar-refractivity contribution is 5.37. The Hall–Kier alpha value is -1.40. The van der Waals surface area contributed by atoms with E-state index in [2.05, 4.69) is 15.3 Å². The molecule has 0 amide bonds. The molecule has 90 valence electrons. The van der Waals surface area contributed by atoms with Crippen LogP contribution in [0.4, 0.5) is 5.82 Å². The van der Waals surface area contributed by atoms with E-state index in [1.54, 1.807) is 13.0 Å². The fourth-order valence-electron chi connectivity index (χ4n) is 1.06. The Morgan fingerprint density at radius 2 is 2.31 bits per heavy atom. The molecule has 1 heterocycles. The molecule has 2 unspecified atom stereocenters. The minimum absolute atomic E-state index is 0.328. The number of nitrogens with zero attached hydrogens (tertiary/aromatic N) is 2. The summed E-state index contributed by atoms with van der Waals surface area (Å²) in [5, 5.41) is 12.2. The molecule has 0 saturated carbocycles. The lowest BCUT2D eigenvalue weighted by Crippen LogP contribution is -2.38. The second kappa shape index (κ2) is 6.24. The molecule has 0 spiro atoms. The van der Waals surface area contributed by atoms with Crippen molar-refractivity contribution in [2.75, 3.05) is 18.5 Å². The first-order chi connectivity index (χ1) is 7.63. The van der Waals surface area contributed by atoms with E-state index < -0.39 is 6.10 Å². The van der Waals surface area contributed by atoms with Gasteiger partial charge in [0.25, 0.3) is 0 Å². The van der Waals surface area contributed by atoms with E-state index in [9.17, 15) is 5.11 Å². The van der Waals surface area contributed by atoms with Crippen molar-refractivity contribution in [2.24, 2.45) is 5.73 Å². The van der Waals surface area contributed by atoms with Crippen LogP contribution in [-0.4, -0.2) is 40.4 Å². The molecular formula is C10H18N4O2. The molecule has 1 rings (SSSR count). The monoisotopic (exact) mass is 226 g/mol. The minimum atomic E-state index is -0.555. The highest BCUT2D eigenvalue weighted by Crippen LogP contribution is 2.10. The number of aliphatic hydroxyl groups excluding tert-OH is 1. The van der Waals surface area contributed by atoms with Gasteiger partial charge in [-0.1, -0.05) is 0 Å². The number of anilines is 1. The van der Waals surface area contributed by atoms with Crippen LogP contribution >= 0.6 is 0 Å². The maximum Gasteiger partial charge on any atom is 0.218 e. The number of aliphatic hydroxyl groups is 1. The molecule has 0 aliphatic heterocycles. The van der Waals surface area contributed by atoms with E-state index in [1.807, 2.05) is 6.92 Å². The molecule has 6 nitrogen and oxygen atoms in total. The summed E-state index contributed by atoms with van der Waals surface area (Å²) in [6.07, 6.45) is 0.863. The van der Waals surface area contributed by atoms with Crippen LogP contribution in [0.5, 0.6) is 5.88 Å². The van der Waals surface area contributed by atoms with E-state index in [0.717, 1.165) is 0 Å². The maximum absolute atomic E-state index is 9.22. The Bertz CT molecular complexity index is 319. The summed E-state index contributed by atoms with van der Waals surface area (Å²) in [6, 6.07) is 1.36. The zero-order valence-corrected chi connectivity index (χ0v) is 9.55. The summed E-state index contributed by atoms with van der Waals surface area (Å²) >= 11 is 0. The Morgan fingerprint density at radius 1 is 1.56 bits per heavy atom. The predicted molar refractivity (Wildman–Crippen MR) is 61.3 cm³/mol. The zero-order chi connectivity index (χ0) is 12.0. The summed E-state index contributed by atoms with van der Waals surface area (Å²) < 4.78 is 5.23. The van der Waals surface area contributed by atoms with Crippen LogP contribution in [0.3, 0.4) is 0 Å². The molecule has 2 atom stereocenters. The molecule has 0 aliphatic carbocycles. The van der Waals surface area contributed by atoms with Gasteiger partial charge in [0.2, 0.25) is 5.88 Å². The average molecular weight is 226 g/mol. The second-order valence-electron chi connectivity index (χ2n) is 3.46. The van der Waals surface area contributed by atoms with Gasteiger partial charge in [-0.15, -0.1) is 0 Å². The lowest BCUT2D eigenvalue weighted by molar-refractivity contribution is 0.168. The van der Waals surface area contributed by atoms with Crippen LogP contribution in [-0.2, 0) is 0 Å². The van der Waals surface area contributed by atoms with Crippen molar-refractivity contribution in [1.29, 1.82) is 0 Å². The van der Waals surface area contributed by atoms with Gasteiger partial charge in [0, 0.05) is 18.7 Å². The van der Waals surface area contributed by atoms with E-state index >= 15 is 0 Å². The SMILES string of the molecule is CCOc1cc(NCC(N)C(C)O)ncn1. The molecule has 1 aromatic heterocycles. The zero-order valence-electron chi connectivity index (χ0n) is 9.55. The molecule has 4 N–H and O–H groups in total. The van der Waals surface area contributed by atoms with Crippen LogP contribution in [0.15, 0.2) is 12.4 Å². The predicted octanol–water partition coefficient (Wildman–Crippen LogP) is -0.00470. The third kappa shape index (κ3) is 4.00. The first-order valence-corrected chi connectivity index (χ1v) is 5.25. The summed E-state index contributed by atoms with van der Waals surface area (Å²) in [5.74, 6) is 1.15. The van der Waals surface area contributed by atoms with Crippen LogP contribution in [0.1, 0.15) is 13.8 Å². The molecule has 0 fully saturated rings. The van der Waals surface area contributed by atoms with Gasteiger partial charge in [-0.3, -0.25) is 0 Å². The molecule has 0 saturated heterocycles. The topological polar surface area (TPSA) is 93.3 Å². The van der Waals surface area contributed by atoms with Gasteiger partial charge >= 0.3 is 0 Å². The normalized spacial score (nSPS) is 14.2. The minimum Gasteiger partial charge on any atom is -0.478 e. The molecule has 0 bridgehead atoms. The quantitative estimate of drug-likeness (QED) is 0.632. The average Bonchev–Trinajstić information content (AvgIpc) is 2.26. The number of aromatic nitrogens is 2. The van der Waals surface area contributed by atoms with Crippen molar-refractivity contribution in [1.82, 2.24) is 9.97 Å². The molecule has 6 heteroatoms. The van der Waals surface area contributed by atoms with Crippen LogP contribution in [0, 0.1) is 0 Å². The van der Waals surface area contributed by atoms with Crippen LogP contribution in [0.25, 0.3) is 0 Å². The standard InChI is InChI=1S/C10H18N4O2/c1-3-16-10-4-9(13-6-14-10)12-5-8(11)7(2)15/h4,6-8,15H,3,5,11H2,1-2H3,(H,12,13,14). The lowest BCUT2D eigenvalue weighted by atomic mass is 10.2. The molecule has 0 radical (unpaired) electrons. The van der Waals surface area contributed by atoms with Gasteiger partial charge in [-0.2, -0.15) is 0 Å². The van der Waals surface area contributed by atoms with Gasteiger partial charge in [0.05, 0.1) is 12.7 Å². The first kappa shape index (κ1) is 12.7. The highest BCUT2D eigenvalue weighted by Gasteiger charge is 2.09. The van der Waals surface area contributed by atoms with Crippen molar-refractivity contribution < 1.29 is 9.84 Å². The fraction of sp³-hybridized carbons (Fsp3) is 0.600. The molecule has 1 aromatic rings. The molecular weight excluding hydrogens is 208 g/mol. The van der Waals surface area contributed by atoms with Gasteiger partial charge < -0.3 is 20.9 Å². The number of rotatable bonds is 6. The van der Waals surface area contributed by atoms with E-state index in [0.29, 0.717) is 24.8 Å². The maximum atomic E-state index is 9.22. The number of hydrogen-bond donors (Lipinski definition) is 3. The molecule has 0 aromatic carbocycles. The van der Waals surface area contributed by atoms with Crippen molar-refractivity contribution in [3.05, 3.63) is 12.4 Å². The fourth-order valence-corrected chi connectivity index (χ4v) is 1.06. The van der Waals surface area contributed by atoms with Gasteiger partial charge in [-0.25, -0.2) is 9.97 Å². The molecule has 0 aliphatic rings. The van der Waals surface area contributed by atoms with Crippen LogP contribution < -0.4 is 15.8 Å². The third-order valence-corrected chi connectivity index (χ3v) is 2.07. The Labute approximate surface area is 94.9 Å².